The van der Waals surface area contributed by atoms with E-state index in [-0.39, 0.29) is 17.0 Å². The second-order valence-corrected chi connectivity index (χ2v) is 7.56. The molecule has 5 heteroatoms. The van der Waals surface area contributed by atoms with E-state index in [0.717, 1.165) is 30.6 Å². The highest BCUT2D eigenvalue weighted by molar-refractivity contribution is 6.30. The largest absolute Gasteiger partial charge is 1.00 e. The molecule has 2 heterocycles. The van der Waals surface area contributed by atoms with Gasteiger partial charge in [-0.05, 0) is 50.5 Å². The molecule has 0 aliphatic carbocycles. The van der Waals surface area contributed by atoms with Crippen LogP contribution >= 0.6 is 11.6 Å². The van der Waals surface area contributed by atoms with Crippen molar-refractivity contribution >= 4 is 23.1 Å². The number of benzene rings is 2. The van der Waals surface area contributed by atoms with Crippen molar-refractivity contribution in [1.29, 1.82) is 0 Å². The average molecular weight is 436 g/mol. The van der Waals surface area contributed by atoms with E-state index < -0.39 is 5.72 Å². The molecule has 138 valence electrons. The first kappa shape index (κ1) is 19.4. The molecule has 1 atom stereocenters. The Morgan fingerprint density at radius 3 is 2.38 bits per heavy atom. The maximum atomic E-state index is 11.7. The van der Waals surface area contributed by atoms with Gasteiger partial charge >= 0.3 is 0 Å². The third-order valence-corrected chi connectivity index (χ3v) is 5.63. The van der Waals surface area contributed by atoms with Crippen LogP contribution in [0.4, 0.5) is 5.69 Å². The summed E-state index contributed by atoms with van der Waals surface area (Å²) in [7, 11) is 0. The molecular weight excluding hydrogens is 412 g/mol. The number of anilines is 1. The van der Waals surface area contributed by atoms with Crippen molar-refractivity contribution in [2.75, 3.05) is 18.0 Å². The quantitative estimate of drug-likeness (QED) is 0.720. The molecular formula is C21H24BrClN2O. The van der Waals surface area contributed by atoms with Gasteiger partial charge in [0.1, 0.15) is 5.69 Å². The number of nitrogens with zero attached hydrogens (tertiary/aromatic N) is 2. The molecule has 1 unspecified atom stereocenters. The van der Waals surface area contributed by atoms with Crippen LogP contribution < -0.4 is 21.9 Å². The number of hydrogen-bond acceptors (Lipinski definition) is 2. The fourth-order valence-electron chi connectivity index (χ4n) is 4.00. The summed E-state index contributed by atoms with van der Waals surface area (Å²) in [6.07, 6.45) is 4.49. The smallest absolute Gasteiger partial charge is 0.271 e. The molecule has 2 aromatic carbocycles. The zero-order chi connectivity index (χ0) is 17.4. The molecule has 2 aliphatic rings. The Morgan fingerprint density at radius 1 is 1.00 bits per heavy atom. The van der Waals surface area contributed by atoms with Crippen molar-refractivity contribution in [2.24, 2.45) is 0 Å². The zero-order valence-electron chi connectivity index (χ0n) is 15.0. The molecule has 0 aromatic heterocycles. The van der Waals surface area contributed by atoms with E-state index in [1.54, 1.807) is 0 Å². The lowest BCUT2D eigenvalue weighted by molar-refractivity contribution is -0.658. The van der Waals surface area contributed by atoms with E-state index in [1.165, 1.54) is 24.2 Å². The number of aryl methyl sites for hydroxylation is 1. The highest BCUT2D eigenvalue weighted by atomic mass is 79.9. The fraction of sp³-hybridized carbons (Fsp3) is 0.381. The Kier molecular flexibility index (Phi) is 5.75. The van der Waals surface area contributed by atoms with Crippen LogP contribution in [0, 0.1) is 6.92 Å². The lowest BCUT2D eigenvalue weighted by Crippen LogP contribution is -3.00. The molecule has 26 heavy (non-hydrogen) atoms. The van der Waals surface area contributed by atoms with Gasteiger partial charge in [-0.15, -0.1) is 0 Å². The number of amidine groups is 1. The van der Waals surface area contributed by atoms with E-state index in [1.807, 2.05) is 24.3 Å². The van der Waals surface area contributed by atoms with Crippen LogP contribution in [0.2, 0.25) is 5.02 Å². The number of hydrogen-bond donors (Lipinski definition) is 1. The van der Waals surface area contributed by atoms with Crippen molar-refractivity contribution in [1.82, 2.24) is 0 Å². The van der Waals surface area contributed by atoms with Crippen LogP contribution in [0.15, 0.2) is 48.5 Å². The van der Waals surface area contributed by atoms with Gasteiger partial charge < -0.3 is 22.1 Å². The third kappa shape index (κ3) is 3.42. The molecule has 2 aromatic rings. The van der Waals surface area contributed by atoms with Gasteiger partial charge in [0.2, 0.25) is 0 Å². The zero-order valence-corrected chi connectivity index (χ0v) is 17.3. The maximum Gasteiger partial charge on any atom is 0.271 e. The maximum absolute atomic E-state index is 11.7. The molecule has 0 radical (unpaired) electrons. The summed E-state index contributed by atoms with van der Waals surface area (Å²) in [5.41, 5.74) is 2.30. The molecule has 0 bridgehead atoms. The summed E-state index contributed by atoms with van der Waals surface area (Å²) >= 11 is 6.06. The number of aliphatic hydroxyl groups is 1. The predicted octanol–water partition coefficient (Wildman–Crippen LogP) is 1.30. The molecule has 0 spiro atoms. The van der Waals surface area contributed by atoms with Crippen molar-refractivity contribution in [3.05, 3.63) is 64.7 Å². The number of halogens is 2. The molecule has 0 saturated heterocycles. The molecule has 4 rings (SSSR count). The first-order chi connectivity index (χ1) is 12.1. The first-order valence-electron chi connectivity index (χ1n) is 9.04. The lowest BCUT2D eigenvalue weighted by atomic mass is 10.0. The normalized spacial score (nSPS) is 22.7. The fourth-order valence-corrected chi connectivity index (χ4v) is 4.12. The number of rotatable bonds is 2. The van der Waals surface area contributed by atoms with Crippen molar-refractivity contribution in [3.63, 3.8) is 0 Å². The Morgan fingerprint density at radius 2 is 1.69 bits per heavy atom. The predicted molar refractivity (Wildman–Crippen MR) is 102 cm³/mol. The van der Waals surface area contributed by atoms with Gasteiger partial charge in [-0.2, -0.15) is 0 Å². The van der Waals surface area contributed by atoms with Crippen LogP contribution in [-0.2, 0) is 5.72 Å². The van der Waals surface area contributed by atoms with Gasteiger partial charge in [0, 0.05) is 17.0 Å². The van der Waals surface area contributed by atoms with Crippen molar-refractivity contribution in [3.8, 4) is 0 Å². The minimum absolute atomic E-state index is 0. The van der Waals surface area contributed by atoms with E-state index in [0.29, 0.717) is 11.6 Å². The van der Waals surface area contributed by atoms with E-state index >= 15 is 0 Å². The summed E-state index contributed by atoms with van der Waals surface area (Å²) in [6, 6.07) is 16.2. The highest BCUT2D eigenvalue weighted by Gasteiger charge is 2.51. The van der Waals surface area contributed by atoms with Crippen molar-refractivity contribution in [2.45, 2.75) is 38.3 Å². The topological polar surface area (TPSA) is 26.5 Å². The Hall–Kier alpha value is -1.36. The van der Waals surface area contributed by atoms with Crippen LogP contribution in [0.1, 0.15) is 36.8 Å². The first-order valence-corrected chi connectivity index (χ1v) is 9.42. The van der Waals surface area contributed by atoms with E-state index in [4.69, 9.17) is 11.6 Å². The molecule has 2 aliphatic heterocycles. The second-order valence-electron chi connectivity index (χ2n) is 7.12. The van der Waals surface area contributed by atoms with Gasteiger partial charge in [0.05, 0.1) is 6.54 Å². The van der Waals surface area contributed by atoms with Gasteiger partial charge in [-0.3, -0.25) is 0 Å². The Labute approximate surface area is 170 Å². The van der Waals surface area contributed by atoms with Crippen LogP contribution in [0.5, 0.6) is 0 Å². The van der Waals surface area contributed by atoms with Crippen LogP contribution in [0.3, 0.4) is 0 Å². The van der Waals surface area contributed by atoms with E-state index in [9.17, 15) is 5.11 Å². The van der Waals surface area contributed by atoms with Gasteiger partial charge in [0.15, 0.2) is 6.54 Å². The average Bonchev–Trinajstić information content (AvgIpc) is 2.78. The molecule has 0 fully saturated rings. The standard InChI is InChI=1S/C21H24ClN2O.BrH/c1-16-6-12-19(13-7-16)23-15-21(25,17-8-10-18(22)11-9-17)24-14-4-2-3-5-20(23)24;/h6-13,25H,2-5,14-15H2,1H3;1H/q+1;/p-1. The van der Waals surface area contributed by atoms with Gasteiger partial charge in [-0.25, -0.2) is 9.48 Å². The summed E-state index contributed by atoms with van der Waals surface area (Å²) in [6.45, 7) is 3.53. The molecule has 1 N–H and O–H groups in total. The molecule has 0 saturated carbocycles. The summed E-state index contributed by atoms with van der Waals surface area (Å²) in [4.78, 5) is 2.29. The minimum Gasteiger partial charge on any atom is -1.00 e. The van der Waals surface area contributed by atoms with Crippen LogP contribution in [-0.4, -0.2) is 28.6 Å². The Balaban J connectivity index is 0.00000196. The molecule has 3 nitrogen and oxygen atoms in total. The van der Waals surface area contributed by atoms with Crippen LogP contribution in [0.25, 0.3) is 0 Å². The third-order valence-electron chi connectivity index (χ3n) is 5.38. The summed E-state index contributed by atoms with van der Waals surface area (Å²) in [5.74, 6) is 1.24. The Bertz CT molecular complexity index is 804. The SMILES string of the molecule is Cc1ccc(N2CC(O)(c3ccc(Cl)cc3)[N+]3=C2CCCCC3)cc1.[Br-]. The summed E-state index contributed by atoms with van der Waals surface area (Å²) < 4.78 is 2.21. The monoisotopic (exact) mass is 434 g/mol. The second kappa shape index (κ2) is 7.71. The minimum atomic E-state index is -1.00. The lowest BCUT2D eigenvalue weighted by Gasteiger charge is -2.23. The summed E-state index contributed by atoms with van der Waals surface area (Å²) in [5, 5.41) is 12.4. The number of β-amino-alcohol motifs (C(OH)–C–C–N with tert-alkyl or cyclic N) is 1. The van der Waals surface area contributed by atoms with Gasteiger partial charge in [0.25, 0.3) is 11.6 Å². The van der Waals surface area contributed by atoms with Gasteiger partial charge in [-0.1, -0.05) is 41.4 Å². The highest BCUT2D eigenvalue weighted by Crippen LogP contribution is 2.35. The molecule has 0 amide bonds. The van der Waals surface area contributed by atoms with Crippen molar-refractivity contribution < 1.29 is 26.7 Å². The van der Waals surface area contributed by atoms with E-state index in [2.05, 4.69) is 40.7 Å².